The van der Waals surface area contributed by atoms with Gasteiger partial charge in [-0.05, 0) is 37.5 Å². The van der Waals surface area contributed by atoms with Gasteiger partial charge in [-0.2, -0.15) is 0 Å². The lowest BCUT2D eigenvalue weighted by Crippen LogP contribution is -2.28. The van der Waals surface area contributed by atoms with Gasteiger partial charge in [-0.3, -0.25) is 14.3 Å². The van der Waals surface area contributed by atoms with Crippen molar-refractivity contribution in [2.45, 2.75) is 37.0 Å². The molecule has 1 fully saturated rings. The van der Waals surface area contributed by atoms with Crippen LogP contribution in [0, 0.1) is 0 Å². The first-order chi connectivity index (χ1) is 13.2. The Labute approximate surface area is 162 Å². The molecule has 1 amide bonds. The summed E-state index contributed by atoms with van der Waals surface area (Å²) in [6, 6.07) is 14.2. The second-order valence-electron chi connectivity index (χ2n) is 6.64. The summed E-state index contributed by atoms with van der Waals surface area (Å²) in [4.78, 5) is 16.5. The molecule has 1 aliphatic carbocycles. The topological polar surface area (TPSA) is 72.7 Å². The number of aromatic nitrogens is 4. The van der Waals surface area contributed by atoms with Gasteiger partial charge >= 0.3 is 0 Å². The summed E-state index contributed by atoms with van der Waals surface area (Å²) >= 11 is 1.43. The molecule has 7 heteroatoms. The Hall–Kier alpha value is -2.67. The number of thioether (sulfide) groups is 1. The molecule has 2 aromatic heterocycles. The van der Waals surface area contributed by atoms with Gasteiger partial charge in [-0.25, -0.2) is 0 Å². The quantitative estimate of drug-likeness (QED) is 0.635. The summed E-state index contributed by atoms with van der Waals surface area (Å²) in [5.74, 6) is 1.13. The number of nitrogens with one attached hydrogen (secondary N) is 1. The number of amides is 1. The number of carbonyl (C=O) groups excluding carboxylic acids is 1. The van der Waals surface area contributed by atoms with Gasteiger partial charge in [0.05, 0.1) is 11.8 Å². The lowest BCUT2D eigenvalue weighted by molar-refractivity contribution is -0.119. The van der Waals surface area contributed by atoms with Crippen molar-refractivity contribution in [2.75, 3.05) is 5.75 Å². The summed E-state index contributed by atoms with van der Waals surface area (Å²) < 4.78 is 2.15. The van der Waals surface area contributed by atoms with E-state index in [2.05, 4.69) is 25.1 Å². The number of benzene rings is 1. The molecule has 0 bridgehead atoms. The smallest absolute Gasteiger partial charge is 0.230 e. The molecule has 138 valence electrons. The molecular formula is C20H21N5OS. The Morgan fingerprint density at radius 1 is 1.22 bits per heavy atom. The molecule has 0 radical (unpaired) electrons. The van der Waals surface area contributed by atoms with Crippen LogP contribution in [0.1, 0.15) is 37.4 Å². The van der Waals surface area contributed by atoms with E-state index >= 15 is 0 Å². The van der Waals surface area contributed by atoms with E-state index in [0.29, 0.717) is 11.8 Å². The second-order valence-corrected chi connectivity index (χ2v) is 7.58. The molecule has 2 heterocycles. The Morgan fingerprint density at radius 3 is 2.74 bits per heavy atom. The van der Waals surface area contributed by atoms with Gasteiger partial charge < -0.3 is 5.32 Å². The third kappa shape index (κ3) is 4.19. The molecule has 0 saturated heterocycles. The molecule has 1 N–H and O–H groups in total. The van der Waals surface area contributed by atoms with Gasteiger partial charge in [0.25, 0.3) is 0 Å². The van der Waals surface area contributed by atoms with Crippen molar-refractivity contribution in [3.8, 4) is 11.4 Å². The highest BCUT2D eigenvalue weighted by Crippen LogP contribution is 2.40. The number of rotatable bonds is 7. The van der Waals surface area contributed by atoms with Crippen LogP contribution in [-0.2, 0) is 4.79 Å². The molecule has 1 aromatic carbocycles. The SMILES string of the molecule is C[C@H](NC(=O)CSc1nnc(-c2cccnc2)n1C1CC1)c1ccccc1. The zero-order chi connectivity index (χ0) is 18.6. The molecule has 1 saturated carbocycles. The standard InChI is InChI=1S/C20H21N5OS/c1-14(15-6-3-2-4-7-15)22-18(26)13-27-20-24-23-19(25(20)17-9-10-17)16-8-5-11-21-12-16/h2-8,11-12,14,17H,9-10,13H2,1H3,(H,22,26)/t14-/m0/s1. The third-order valence-corrected chi connectivity index (χ3v) is 5.45. The average molecular weight is 379 g/mol. The van der Waals surface area contributed by atoms with Crippen molar-refractivity contribution in [3.63, 3.8) is 0 Å². The van der Waals surface area contributed by atoms with E-state index in [1.807, 2.05) is 49.4 Å². The van der Waals surface area contributed by atoms with E-state index < -0.39 is 0 Å². The van der Waals surface area contributed by atoms with Gasteiger partial charge in [0.15, 0.2) is 11.0 Å². The number of pyridine rings is 1. The maximum Gasteiger partial charge on any atom is 0.230 e. The van der Waals surface area contributed by atoms with Gasteiger partial charge in [-0.15, -0.1) is 10.2 Å². The summed E-state index contributed by atoms with van der Waals surface area (Å²) in [5.41, 5.74) is 2.04. The zero-order valence-corrected chi connectivity index (χ0v) is 15.9. The molecule has 27 heavy (non-hydrogen) atoms. The first-order valence-electron chi connectivity index (χ1n) is 9.05. The predicted octanol–water partition coefficient (Wildman–Crippen LogP) is 3.64. The number of hydrogen-bond donors (Lipinski definition) is 1. The van der Waals surface area contributed by atoms with Crippen LogP contribution in [0.4, 0.5) is 0 Å². The number of hydrogen-bond acceptors (Lipinski definition) is 5. The largest absolute Gasteiger partial charge is 0.349 e. The van der Waals surface area contributed by atoms with Gasteiger partial charge in [0.1, 0.15) is 0 Å². The maximum atomic E-state index is 12.4. The first kappa shape index (κ1) is 17.7. The van der Waals surface area contributed by atoms with Gasteiger partial charge in [0.2, 0.25) is 5.91 Å². The number of carbonyl (C=O) groups is 1. The summed E-state index contributed by atoms with van der Waals surface area (Å²) in [7, 11) is 0. The summed E-state index contributed by atoms with van der Waals surface area (Å²) in [5, 5.41) is 12.5. The van der Waals surface area contributed by atoms with Crippen LogP contribution >= 0.6 is 11.8 Å². The van der Waals surface area contributed by atoms with Crippen molar-refractivity contribution in [2.24, 2.45) is 0 Å². The van der Waals surface area contributed by atoms with E-state index in [0.717, 1.165) is 34.9 Å². The minimum atomic E-state index is -0.0217. The molecule has 0 unspecified atom stereocenters. The summed E-state index contributed by atoms with van der Waals surface area (Å²) in [6.45, 7) is 1.99. The molecule has 3 aromatic rings. The maximum absolute atomic E-state index is 12.4. The molecule has 4 rings (SSSR count). The normalized spacial score (nSPS) is 14.7. The molecular weight excluding hydrogens is 358 g/mol. The van der Waals surface area contributed by atoms with Gasteiger partial charge in [-0.1, -0.05) is 42.1 Å². The van der Waals surface area contributed by atoms with Crippen LogP contribution in [0.3, 0.4) is 0 Å². The minimum Gasteiger partial charge on any atom is -0.349 e. The Morgan fingerprint density at radius 2 is 2.04 bits per heavy atom. The zero-order valence-electron chi connectivity index (χ0n) is 15.1. The van der Waals surface area contributed by atoms with Crippen LogP contribution in [0.15, 0.2) is 60.0 Å². The van der Waals surface area contributed by atoms with E-state index in [1.165, 1.54) is 11.8 Å². The monoisotopic (exact) mass is 379 g/mol. The Kier molecular flexibility index (Phi) is 5.20. The van der Waals surface area contributed by atoms with Crippen LogP contribution in [0.25, 0.3) is 11.4 Å². The second kappa shape index (κ2) is 7.92. The third-order valence-electron chi connectivity index (χ3n) is 4.51. The molecule has 1 atom stereocenters. The van der Waals surface area contributed by atoms with E-state index in [9.17, 15) is 4.79 Å². The summed E-state index contributed by atoms with van der Waals surface area (Å²) in [6.07, 6.45) is 5.78. The highest BCUT2D eigenvalue weighted by atomic mass is 32.2. The van der Waals surface area contributed by atoms with Crippen LogP contribution < -0.4 is 5.32 Å². The van der Waals surface area contributed by atoms with Gasteiger partial charge in [0, 0.05) is 24.0 Å². The fourth-order valence-corrected chi connectivity index (χ4v) is 3.78. The minimum absolute atomic E-state index is 0.00960. The molecule has 0 spiro atoms. The van der Waals surface area contributed by atoms with Crippen molar-refractivity contribution in [3.05, 3.63) is 60.4 Å². The molecule has 1 aliphatic rings. The molecule has 6 nitrogen and oxygen atoms in total. The molecule has 0 aliphatic heterocycles. The van der Waals surface area contributed by atoms with E-state index in [-0.39, 0.29) is 11.9 Å². The fraction of sp³-hybridized carbons (Fsp3) is 0.300. The van der Waals surface area contributed by atoms with Crippen LogP contribution in [0.2, 0.25) is 0 Å². The van der Waals surface area contributed by atoms with Crippen molar-refractivity contribution in [1.82, 2.24) is 25.1 Å². The lowest BCUT2D eigenvalue weighted by atomic mass is 10.1. The van der Waals surface area contributed by atoms with E-state index in [4.69, 9.17) is 0 Å². The van der Waals surface area contributed by atoms with Crippen molar-refractivity contribution >= 4 is 17.7 Å². The Balaban J connectivity index is 1.43. The van der Waals surface area contributed by atoms with Crippen LogP contribution in [-0.4, -0.2) is 31.4 Å². The highest BCUT2D eigenvalue weighted by Gasteiger charge is 2.30. The van der Waals surface area contributed by atoms with E-state index in [1.54, 1.807) is 12.4 Å². The predicted molar refractivity (Wildman–Crippen MR) is 105 cm³/mol. The van der Waals surface area contributed by atoms with Crippen LogP contribution in [0.5, 0.6) is 0 Å². The Bertz CT molecular complexity index is 909. The fourth-order valence-electron chi connectivity index (χ4n) is 2.97. The highest BCUT2D eigenvalue weighted by molar-refractivity contribution is 7.99. The van der Waals surface area contributed by atoms with Crippen molar-refractivity contribution < 1.29 is 4.79 Å². The number of nitrogens with zero attached hydrogens (tertiary/aromatic N) is 4. The van der Waals surface area contributed by atoms with Crippen molar-refractivity contribution in [1.29, 1.82) is 0 Å². The first-order valence-corrected chi connectivity index (χ1v) is 10.0. The lowest BCUT2D eigenvalue weighted by Gasteiger charge is -2.14. The average Bonchev–Trinajstić information content (AvgIpc) is 3.46.